The van der Waals surface area contributed by atoms with Crippen LogP contribution in [0.4, 0.5) is 5.69 Å². The van der Waals surface area contributed by atoms with E-state index >= 15 is 0 Å². The standard InChI is InChI=1S/C21H31N3O3/c1-14(2)19(25)23-18-7-5-16(6-8-18)13-22-20(26)17-9-11-24(12-10-17)21(27)15(3)4/h5-8,14-15,17H,9-13H2,1-4H3,(H,22,26)(H,23,25). The van der Waals surface area contributed by atoms with E-state index in [4.69, 9.17) is 0 Å². The molecule has 0 bridgehead atoms. The molecule has 1 aliphatic rings. The third-order valence-corrected chi connectivity index (χ3v) is 4.88. The number of nitrogens with zero attached hydrogens (tertiary/aromatic N) is 1. The zero-order valence-corrected chi connectivity index (χ0v) is 16.7. The summed E-state index contributed by atoms with van der Waals surface area (Å²) in [4.78, 5) is 38.0. The van der Waals surface area contributed by atoms with Crippen molar-refractivity contribution in [1.82, 2.24) is 10.2 Å². The Balaban J connectivity index is 1.77. The number of hydrogen-bond acceptors (Lipinski definition) is 3. The average Bonchev–Trinajstić information content (AvgIpc) is 2.66. The maximum absolute atomic E-state index is 12.4. The van der Waals surface area contributed by atoms with Crippen LogP contribution in [0.25, 0.3) is 0 Å². The van der Waals surface area contributed by atoms with E-state index in [0.717, 1.165) is 11.3 Å². The molecule has 6 heteroatoms. The van der Waals surface area contributed by atoms with Gasteiger partial charge in [-0.1, -0.05) is 39.8 Å². The quantitative estimate of drug-likeness (QED) is 0.805. The Hall–Kier alpha value is -2.37. The molecule has 1 aliphatic heterocycles. The van der Waals surface area contributed by atoms with E-state index in [2.05, 4.69) is 10.6 Å². The molecule has 1 heterocycles. The fourth-order valence-corrected chi connectivity index (χ4v) is 3.05. The van der Waals surface area contributed by atoms with E-state index in [9.17, 15) is 14.4 Å². The molecular weight excluding hydrogens is 342 g/mol. The first-order valence-electron chi connectivity index (χ1n) is 9.74. The summed E-state index contributed by atoms with van der Waals surface area (Å²) in [5, 5.41) is 5.83. The van der Waals surface area contributed by atoms with Gasteiger partial charge < -0.3 is 15.5 Å². The fourth-order valence-electron chi connectivity index (χ4n) is 3.05. The Bertz CT molecular complexity index is 660. The van der Waals surface area contributed by atoms with Crippen LogP contribution >= 0.6 is 0 Å². The molecular formula is C21H31N3O3. The summed E-state index contributed by atoms with van der Waals surface area (Å²) in [6.07, 6.45) is 1.43. The fraction of sp³-hybridized carbons (Fsp3) is 0.571. The van der Waals surface area contributed by atoms with Gasteiger partial charge in [0.15, 0.2) is 0 Å². The second-order valence-electron chi connectivity index (χ2n) is 7.81. The zero-order valence-electron chi connectivity index (χ0n) is 16.7. The second kappa shape index (κ2) is 9.53. The van der Waals surface area contributed by atoms with E-state index in [1.54, 1.807) is 0 Å². The van der Waals surface area contributed by atoms with Crippen molar-refractivity contribution in [1.29, 1.82) is 0 Å². The number of carbonyl (C=O) groups excluding carboxylic acids is 3. The van der Waals surface area contributed by atoms with Gasteiger partial charge in [0.1, 0.15) is 0 Å². The number of likely N-dealkylation sites (tertiary alicyclic amines) is 1. The number of anilines is 1. The Labute approximate surface area is 161 Å². The van der Waals surface area contributed by atoms with Crippen molar-refractivity contribution in [3.05, 3.63) is 29.8 Å². The van der Waals surface area contributed by atoms with Crippen molar-refractivity contribution < 1.29 is 14.4 Å². The molecule has 0 unspecified atom stereocenters. The van der Waals surface area contributed by atoms with Crippen molar-refractivity contribution in [2.24, 2.45) is 17.8 Å². The van der Waals surface area contributed by atoms with E-state index in [0.29, 0.717) is 32.5 Å². The van der Waals surface area contributed by atoms with Gasteiger partial charge >= 0.3 is 0 Å². The van der Waals surface area contributed by atoms with Gasteiger partial charge in [-0.05, 0) is 30.5 Å². The van der Waals surface area contributed by atoms with Crippen LogP contribution in [0, 0.1) is 17.8 Å². The lowest BCUT2D eigenvalue weighted by Gasteiger charge is -2.32. The highest BCUT2D eigenvalue weighted by atomic mass is 16.2. The molecule has 1 aromatic carbocycles. The Morgan fingerprint density at radius 3 is 2.11 bits per heavy atom. The maximum atomic E-state index is 12.4. The van der Waals surface area contributed by atoms with Gasteiger partial charge in [-0.15, -0.1) is 0 Å². The van der Waals surface area contributed by atoms with Gasteiger partial charge in [0.05, 0.1) is 0 Å². The number of benzene rings is 1. The summed E-state index contributed by atoms with van der Waals surface area (Å²) in [6, 6.07) is 7.50. The molecule has 148 valence electrons. The van der Waals surface area contributed by atoms with Crippen molar-refractivity contribution in [2.75, 3.05) is 18.4 Å². The van der Waals surface area contributed by atoms with Crippen LogP contribution in [0.15, 0.2) is 24.3 Å². The summed E-state index contributed by atoms with van der Waals surface area (Å²) < 4.78 is 0. The third-order valence-electron chi connectivity index (χ3n) is 4.88. The van der Waals surface area contributed by atoms with E-state index < -0.39 is 0 Å². The van der Waals surface area contributed by atoms with Crippen LogP contribution in [0.2, 0.25) is 0 Å². The Kier molecular flexibility index (Phi) is 7.39. The minimum atomic E-state index is -0.0637. The summed E-state index contributed by atoms with van der Waals surface area (Å²) in [7, 11) is 0. The lowest BCUT2D eigenvalue weighted by Crippen LogP contribution is -2.44. The minimum Gasteiger partial charge on any atom is -0.352 e. The number of hydrogen-bond donors (Lipinski definition) is 2. The molecule has 1 aromatic rings. The van der Waals surface area contributed by atoms with Crippen LogP contribution in [0.5, 0.6) is 0 Å². The first-order chi connectivity index (χ1) is 12.8. The molecule has 0 spiro atoms. The van der Waals surface area contributed by atoms with Gasteiger partial charge in [-0.2, -0.15) is 0 Å². The summed E-state index contributed by atoms with van der Waals surface area (Å²) >= 11 is 0. The number of nitrogens with one attached hydrogen (secondary N) is 2. The molecule has 1 fully saturated rings. The highest BCUT2D eigenvalue weighted by Crippen LogP contribution is 2.19. The molecule has 2 rings (SSSR count). The lowest BCUT2D eigenvalue weighted by atomic mass is 9.95. The van der Waals surface area contributed by atoms with Crippen LogP contribution < -0.4 is 10.6 Å². The predicted molar refractivity (Wildman–Crippen MR) is 106 cm³/mol. The van der Waals surface area contributed by atoms with Crippen LogP contribution in [0.3, 0.4) is 0 Å². The molecule has 2 N–H and O–H groups in total. The van der Waals surface area contributed by atoms with Crippen molar-refractivity contribution in [3.8, 4) is 0 Å². The molecule has 0 aromatic heterocycles. The van der Waals surface area contributed by atoms with Crippen molar-refractivity contribution in [3.63, 3.8) is 0 Å². The normalized spacial score (nSPS) is 15.1. The predicted octanol–water partition coefficient (Wildman–Crippen LogP) is 2.79. The molecule has 0 aliphatic carbocycles. The Morgan fingerprint density at radius 1 is 1.00 bits per heavy atom. The second-order valence-corrected chi connectivity index (χ2v) is 7.81. The zero-order chi connectivity index (χ0) is 20.0. The summed E-state index contributed by atoms with van der Waals surface area (Å²) in [5.41, 5.74) is 1.74. The molecule has 27 heavy (non-hydrogen) atoms. The topological polar surface area (TPSA) is 78.5 Å². The molecule has 1 saturated heterocycles. The number of piperidine rings is 1. The monoisotopic (exact) mass is 373 g/mol. The Morgan fingerprint density at radius 2 is 1.59 bits per heavy atom. The third kappa shape index (κ3) is 6.08. The van der Waals surface area contributed by atoms with E-state index in [-0.39, 0.29) is 35.5 Å². The first kappa shape index (κ1) is 20.9. The van der Waals surface area contributed by atoms with Gasteiger partial charge in [0, 0.05) is 43.1 Å². The number of rotatable bonds is 6. The van der Waals surface area contributed by atoms with Crippen molar-refractivity contribution >= 4 is 23.4 Å². The van der Waals surface area contributed by atoms with Crippen LogP contribution in [-0.2, 0) is 20.9 Å². The van der Waals surface area contributed by atoms with E-state index in [1.807, 2.05) is 56.9 Å². The van der Waals surface area contributed by atoms with Gasteiger partial charge in [0.25, 0.3) is 0 Å². The van der Waals surface area contributed by atoms with Crippen molar-refractivity contribution in [2.45, 2.75) is 47.1 Å². The average molecular weight is 373 g/mol. The molecule has 0 radical (unpaired) electrons. The van der Waals surface area contributed by atoms with E-state index in [1.165, 1.54) is 0 Å². The number of carbonyl (C=O) groups is 3. The lowest BCUT2D eigenvalue weighted by molar-refractivity contribution is -0.138. The highest BCUT2D eigenvalue weighted by Gasteiger charge is 2.27. The smallest absolute Gasteiger partial charge is 0.226 e. The summed E-state index contributed by atoms with van der Waals surface area (Å²) in [5.74, 6) is 0.0985. The van der Waals surface area contributed by atoms with Gasteiger partial charge in [-0.3, -0.25) is 14.4 Å². The minimum absolute atomic E-state index is 0.00340. The van der Waals surface area contributed by atoms with Gasteiger partial charge in [-0.25, -0.2) is 0 Å². The molecule has 6 nitrogen and oxygen atoms in total. The summed E-state index contributed by atoms with van der Waals surface area (Å²) in [6.45, 7) is 9.27. The van der Waals surface area contributed by atoms with Gasteiger partial charge in [0.2, 0.25) is 17.7 Å². The van der Waals surface area contributed by atoms with Crippen LogP contribution in [0.1, 0.15) is 46.1 Å². The molecule has 3 amide bonds. The molecule has 0 saturated carbocycles. The SMILES string of the molecule is CC(C)C(=O)Nc1ccc(CNC(=O)C2CCN(C(=O)C(C)C)CC2)cc1. The maximum Gasteiger partial charge on any atom is 0.226 e. The number of amides is 3. The molecule has 0 atom stereocenters. The largest absolute Gasteiger partial charge is 0.352 e. The first-order valence-corrected chi connectivity index (χ1v) is 9.74. The van der Waals surface area contributed by atoms with Crippen LogP contribution in [-0.4, -0.2) is 35.7 Å². The highest BCUT2D eigenvalue weighted by molar-refractivity contribution is 5.92.